The van der Waals surface area contributed by atoms with Gasteiger partial charge in [0.1, 0.15) is 6.07 Å². The van der Waals surface area contributed by atoms with Gasteiger partial charge in [-0.25, -0.2) is 8.42 Å². The quantitative estimate of drug-likeness (QED) is 0.875. The van der Waals surface area contributed by atoms with Gasteiger partial charge in [-0.3, -0.25) is 0 Å². The van der Waals surface area contributed by atoms with Crippen LogP contribution in [0.2, 0.25) is 0 Å². The Morgan fingerprint density at radius 2 is 1.73 bits per heavy atom. The number of hydrogen-bond acceptors (Lipinski definition) is 3. The Bertz CT molecular complexity index is 810. The van der Waals surface area contributed by atoms with E-state index in [1.54, 1.807) is 18.2 Å². The van der Waals surface area contributed by atoms with Crippen LogP contribution in [0.15, 0.2) is 59.5 Å². The Morgan fingerprint density at radius 1 is 1.05 bits per heavy atom. The second-order valence-electron chi connectivity index (χ2n) is 5.29. The van der Waals surface area contributed by atoms with Crippen LogP contribution in [0.1, 0.15) is 30.0 Å². The fourth-order valence-electron chi connectivity index (χ4n) is 2.95. The van der Waals surface area contributed by atoms with Crippen molar-refractivity contribution < 1.29 is 8.42 Å². The third-order valence-corrected chi connectivity index (χ3v) is 5.95. The molecule has 5 heteroatoms. The maximum absolute atomic E-state index is 13.0. The topological polar surface area (TPSA) is 61.2 Å². The molecule has 1 fully saturated rings. The molecule has 112 valence electrons. The molecule has 0 radical (unpaired) electrons. The number of nitriles is 1. The molecule has 1 atom stereocenters. The predicted molar refractivity (Wildman–Crippen MR) is 83.5 cm³/mol. The van der Waals surface area contributed by atoms with Crippen LogP contribution in [0.3, 0.4) is 0 Å². The summed E-state index contributed by atoms with van der Waals surface area (Å²) in [5.41, 5.74) is 1.19. The van der Waals surface area contributed by atoms with Crippen molar-refractivity contribution in [2.24, 2.45) is 0 Å². The molecule has 4 nitrogen and oxygen atoms in total. The molecule has 0 spiro atoms. The highest BCUT2D eigenvalue weighted by Gasteiger charge is 2.37. The average molecular weight is 312 g/mol. The van der Waals surface area contributed by atoms with Crippen LogP contribution < -0.4 is 0 Å². The molecule has 2 aromatic rings. The third kappa shape index (κ3) is 2.52. The molecular weight excluding hydrogens is 296 g/mol. The second-order valence-corrected chi connectivity index (χ2v) is 7.15. The Labute approximate surface area is 130 Å². The van der Waals surface area contributed by atoms with E-state index in [0.29, 0.717) is 6.54 Å². The van der Waals surface area contributed by atoms with Gasteiger partial charge >= 0.3 is 0 Å². The zero-order chi connectivity index (χ0) is 15.6. The Kier molecular flexibility index (Phi) is 3.97. The lowest BCUT2D eigenvalue weighted by molar-refractivity contribution is 0.396. The highest BCUT2D eigenvalue weighted by molar-refractivity contribution is 7.89. The van der Waals surface area contributed by atoms with Gasteiger partial charge < -0.3 is 0 Å². The fourth-order valence-corrected chi connectivity index (χ4v) is 4.77. The lowest BCUT2D eigenvalue weighted by Crippen LogP contribution is -2.31. The summed E-state index contributed by atoms with van der Waals surface area (Å²) in [6, 6.07) is 17.9. The highest BCUT2D eigenvalue weighted by atomic mass is 32.2. The molecule has 0 unspecified atom stereocenters. The highest BCUT2D eigenvalue weighted by Crippen LogP contribution is 2.36. The van der Waals surface area contributed by atoms with E-state index in [1.165, 1.54) is 10.4 Å². The minimum Gasteiger partial charge on any atom is -0.207 e. The molecule has 0 N–H and O–H groups in total. The van der Waals surface area contributed by atoms with Crippen molar-refractivity contribution in [3.05, 3.63) is 65.7 Å². The van der Waals surface area contributed by atoms with Gasteiger partial charge in [-0.05, 0) is 30.5 Å². The first-order chi connectivity index (χ1) is 10.6. The summed E-state index contributed by atoms with van der Waals surface area (Å²) in [5, 5.41) is 9.17. The van der Waals surface area contributed by atoms with Gasteiger partial charge in [0.15, 0.2) is 0 Å². The van der Waals surface area contributed by atoms with Crippen LogP contribution in [0, 0.1) is 11.3 Å². The molecule has 1 heterocycles. The lowest BCUT2D eigenvalue weighted by Gasteiger charge is -2.24. The normalized spacial score (nSPS) is 19.0. The van der Waals surface area contributed by atoms with Crippen molar-refractivity contribution in [1.29, 1.82) is 5.26 Å². The van der Waals surface area contributed by atoms with E-state index in [2.05, 4.69) is 0 Å². The third-order valence-electron chi connectivity index (χ3n) is 3.98. The molecule has 1 saturated heterocycles. The maximum Gasteiger partial charge on any atom is 0.244 e. The molecule has 0 amide bonds. The van der Waals surface area contributed by atoms with Crippen molar-refractivity contribution in [1.82, 2.24) is 4.31 Å². The SMILES string of the molecule is N#Cc1ccccc1S(=O)(=O)N1CCC[C@@H]1c1ccccc1. The van der Waals surface area contributed by atoms with Crippen LogP contribution in [-0.2, 0) is 10.0 Å². The smallest absolute Gasteiger partial charge is 0.207 e. The Morgan fingerprint density at radius 3 is 2.45 bits per heavy atom. The van der Waals surface area contributed by atoms with Crippen molar-refractivity contribution in [3.8, 4) is 6.07 Å². The van der Waals surface area contributed by atoms with Crippen LogP contribution in [0.25, 0.3) is 0 Å². The van der Waals surface area contributed by atoms with E-state index in [0.717, 1.165) is 18.4 Å². The largest absolute Gasteiger partial charge is 0.244 e. The lowest BCUT2D eigenvalue weighted by atomic mass is 10.1. The second kappa shape index (κ2) is 5.91. The first-order valence-electron chi connectivity index (χ1n) is 7.20. The molecule has 0 aromatic heterocycles. The Balaban J connectivity index is 2.04. The summed E-state index contributed by atoms with van der Waals surface area (Å²) in [6.07, 6.45) is 1.63. The predicted octanol–water partition coefficient (Wildman–Crippen LogP) is 3.08. The average Bonchev–Trinajstić information content (AvgIpc) is 3.06. The zero-order valence-corrected chi connectivity index (χ0v) is 12.8. The minimum atomic E-state index is -3.67. The monoisotopic (exact) mass is 312 g/mol. The van der Waals surface area contributed by atoms with Crippen LogP contribution in [0.4, 0.5) is 0 Å². The van der Waals surface area contributed by atoms with Crippen molar-refractivity contribution >= 4 is 10.0 Å². The maximum atomic E-state index is 13.0. The van der Waals surface area contributed by atoms with E-state index >= 15 is 0 Å². The zero-order valence-electron chi connectivity index (χ0n) is 12.0. The molecular formula is C17H16N2O2S. The van der Waals surface area contributed by atoms with Crippen molar-refractivity contribution in [3.63, 3.8) is 0 Å². The first kappa shape index (κ1) is 14.8. The standard InChI is InChI=1S/C17H16N2O2S/c18-13-15-9-4-5-11-17(15)22(20,21)19-12-6-10-16(19)14-7-2-1-3-8-14/h1-5,7-9,11,16H,6,10,12H2/t16-/m1/s1. The van der Waals surface area contributed by atoms with Gasteiger partial charge in [0.05, 0.1) is 16.5 Å². The van der Waals surface area contributed by atoms with Crippen LogP contribution in [-0.4, -0.2) is 19.3 Å². The fraction of sp³-hybridized carbons (Fsp3) is 0.235. The number of benzene rings is 2. The van der Waals surface area contributed by atoms with Gasteiger partial charge in [0.2, 0.25) is 10.0 Å². The molecule has 22 heavy (non-hydrogen) atoms. The van der Waals surface area contributed by atoms with E-state index < -0.39 is 10.0 Å². The molecule has 0 saturated carbocycles. The van der Waals surface area contributed by atoms with E-state index in [4.69, 9.17) is 0 Å². The summed E-state index contributed by atoms with van der Waals surface area (Å²) in [5.74, 6) is 0. The summed E-state index contributed by atoms with van der Waals surface area (Å²) >= 11 is 0. The molecule has 1 aliphatic rings. The summed E-state index contributed by atoms with van der Waals surface area (Å²) in [4.78, 5) is 0.0975. The van der Waals surface area contributed by atoms with Gasteiger partial charge in [-0.1, -0.05) is 42.5 Å². The van der Waals surface area contributed by atoms with Crippen LogP contribution >= 0.6 is 0 Å². The number of nitrogens with zero attached hydrogens (tertiary/aromatic N) is 2. The number of rotatable bonds is 3. The minimum absolute atomic E-state index is 0.0975. The molecule has 0 aliphatic carbocycles. The van der Waals surface area contributed by atoms with Gasteiger partial charge in [-0.15, -0.1) is 0 Å². The number of sulfonamides is 1. The van der Waals surface area contributed by atoms with E-state index in [-0.39, 0.29) is 16.5 Å². The summed E-state index contributed by atoms with van der Waals surface area (Å²) in [7, 11) is -3.67. The van der Waals surface area contributed by atoms with Crippen molar-refractivity contribution in [2.45, 2.75) is 23.8 Å². The van der Waals surface area contributed by atoms with Crippen LogP contribution in [0.5, 0.6) is 0 Å². The molecule has 0 bridgehead atoms. The summed E-state index contributed by atoms with van der Waals surface area (Å²) in [6.45, 7) is 0.488. The van der Waals surface area contributed by atoms with Gasteiger partial charge in [-0.2, -0.15) is 9.57 Å². The van der Waals surface area contributed by atoms with Gasteiger partial charge in [0.25, 0.3) is 0 Å². The first-order valence-corrected chi connectivity index (χ1v) is 8.64. The summed E-state index contributed by atoms with van der Waals surface area (Å²) < 4.78 is 27.5. The van der Waals surface area contributed by atoms with E-state index in [1.807, 2.05) is 36.4 Å². The van der Waals surface area contributed by atoms with Gasteiger partial charge in [0, 0.05) is 6.54 Å². The molecule has 3 rings (SSSR count). The molecule has 1 aliphatic heterocycles. The number of hydrogen-bond donors (Lipinski definition) is 0. The van der Waals surface area contributed by atoms with Crippen molar-refractivity contribution in [2.75, 3.05) is 6.54 Å². The molecule has 2 aromatic carbocycles. The Hall–Kier alpha value is -2.16. The van der Waals surface area contributed by atoms with E-state index in [9.17, 15) is 13.7 Å².